The van der Waals surface area contributed by atoms with Crippen molar-refractivity contribution < 1.29 is 9.59 Å². The van der Waals surface area contributed by atoms with Gasteiger partial charge >= 0.3 is 6.03 Å². The third-order valence-electron chi connectivity index (χ3n) is 2.16. The number of benzene rings is 1. The average Bonchev–Trinajstić information content (AvgIpc) is 2.29. The van der Waals surface area contributed by atoms with Gasteiger partial charge in [-0.25, -0.2) is 4.79 Å². The maximum absolute atomic E-state index is 11.7. The molecule has 19 heavy (non-hydrogen) atoms. The molecular formula is C13H19N3O2S. The second-order valence-electron chi connectivity index (χ2n) is 4.31. The van der Waals surface area contributed by atoms with Crippen LogP contribution in [0, 0.1) is 0 Å². The fraction of sp³-hybridized carbons (Fsp3) is 0.385. The Morgan fingerprint density at radius 1 is 1.32 bits per heavy atom. The highest BCUT2D eigenvalue weighted by Crippen LogP contribution is 2.27. The Bertz CT molecular complexity index is 449. The van der Waals surface area contributed by atoms with Crippen LogP contribution in [0.3, 0.4) is 0 Å². The van der Waals surface area contributed by atoms with Crippen molar-refractivity contribution in [3.8, 4) is 0 Å². The first-order valence-electron chi connectivity index (χ1n) is 6.06. The lowest BCUT2D eigenvalue weighted by atomic mass is 10.3. The molecule has 4 N–H and O–H groups in total. The normalized spacial score (nSPS) is 10.3. The quantitative estimate of drug-likeness (QED) is 0.699. The van der Waals surface area contributed by atoms with Crippen LogP contribution in [0.5, 0.6) is 0 Å². The summed E-state index contributed by atoms with van der Waals surface area (Å²) in [6.07, 6.45) is 0.317. The Morgan fingerprint density at radius 2 is 2.00 bits per heavy atom. The summed E-state index contributed by atoms with van der Waals surface area (Å²) < 4.78 is 0. The molecule has 0 radical (unpaired) electrons. The van der Waals surface area contributed by atoms with E-state index in [9.17, 15) is 9.59 Å². The van der Waals surface area contributed by atoms with Gasteiger partial charge < -0.3 is 16.4 Å². The molecular weight excluding hydrogens is 262 g/mol. The van der Waals surface area contributed by atoms with E-state index in [0.717, 1.165) is 10.6 Å². The molecule has 0 spiro atoms. The van der Waals surface area contributed by atoms with E-state index in [1.54, 1.807) is 0 Å². The molecule has 0 atom stereocenters. The summed E-state index contributed by atoms with van der Waals surface area (Å²) in [5, 5.41) is 5.55. The molecule has 6 heteroatoms. The van der Waals surface area contributed by atoms with Crippen LogP contribution < -0.4 is 16.4 Å². The van der Waals surface area contributed by atoms with Gasteiger partial charge in [0.25, 0.3) is 0 Å². The number of hydrogen-bond donors (Lipinski definition) is 3. The van der Waals surface area contributed by atoms with Crippen LogP contribution in [0.15, 0.2) is 29.2 Å². The number of nitrogens with two attached hydrogens (primary N) is 1. The monoisotopic (exact) mass is 281 g/mol. The smallest absolute Gasteiger partial charge is 0.319 e. The fourth-order valence-corrected chi connectivity index (χ4v) is 2.35. The fourth-order valence-electron chi connectivity index (χ4n) is 1.38. The molecule has 0 saturated heterocycles. The van der Waals surface area contributed by atoms with E-state index in [4.69, 9.17) is 5.73 Å². The van der Waals surface area contributed by atoms with Crippen molar-refractivity contribution in [2.45, 2.75) is 31.2 Å². The number of primary amides is 1. The van der Waals surface area contributed by atoms with Crippen LogP contribution in [0.4, 0.5) is 10.5 Å². The van der Waals surface area contributed by atoms with Crippen molar-refractivity contribution in [1.82, 2.24) is 5.32 Å². The zero-order valence-corrected chi connectivity index (χ0v) is 11.9. The molecule has 1 aromatic rings. The summed E-state index contributed by atoms with van der Waals surface area (Å²) in [7, 11) is 0. The van der Waals surface area contributed by atoms with E-state index in [-0.39, 0.29) is 18.0 Å². The first kappa shape index (κ1) is 15.4. The zero-order valence-electron chi connectivity index (χ0n) is 11.1. The predicted molar refractivity (Wildman–Crippen MR) is 78.3 cm³/mol. The van der Waals surface area contributed by atoms with E-state index < -0.39 is 0 Å². The Balaban J connectivity index is 2.62. The molecule has 0 unspecified atom stereocenters. The number of rotatable bonds is 6. The highest BCUT2D eigenvalue weighted by atomic mass is 32.2. The van der Waals surface area contributed by atoms with Crippen molar-refractivity contribution in [3.63, 3.8) is 0 Å². The summed E-state index contributed by atoms with van der Waals surface area (Å²) in [5.74, 6) is 0.273. The van der Waals surface area contributed by atoms with Crippen LogP contribution in [0.2, 0.25) is 0 Å². The van der Waals surface area contributed by atoms with Crippen LogP contribution in [-0.4, -0.2) is 23.7 Å². The second-order valence-corrected chi connectivity index (χ2v) is 5.45. The molecule has 1 rings (SSSR count). The van der Waals surface area contributed by atoms with Gasteiger partial charge in [-0.2, -0.15) is 0 Å². The number of carbonyl (C=O) groups is 2. The first-order valence-corrected chi connectivity index (χ1v) is 7.05. The van der Waals surface area contributed by atoms with Crippen molar-refractivity contribution in [2.75, 3.05) is 11.1 Å². The van der Waals surface area contributed by atoms with Crippen LogP contribution >= 0.6 is 11.8 Å². The summed E-state index contributed by atoms with van der Waals surface area (Å²) in [6.45, 7) is 3.79. The number of nitrogens with one attached hydrogen (secondary N) is 2. The zero-order chi connectivity index (χ0) is 14.3. The van der Waals surface area contributed by atoms with Gasteiger partial charge in [-0.15, -0.1) is 11.8 Å². The lowest BCUT2D eigenvalue weighted by Gasteiger charge is -2.13. The maximum Gasteiger partial charge on any atom is 0.319 e. The summed E-state index contributed by atoms with van der Waals surface area (Å²) >= 11 is 1.49. The van der Waals surface area contributed by atoms with Gasteiger partial charge in [-0.05, 0) is 26.0 Å². The Hall–Kier alpha value is -1.69. The molecule has 3 amide bonds. The standard InChI is InChI=1S/C13H19N3O2S/c1-9(2)15-13(18)16-10-5-3-4-6-11(10)19-8-7-12(14)17/h3-6,9H,7-8H2,1-2H3,(H2,14,17)(H2,15,16,18). The van der Waals surface area contributed by atoms with Crippen molar-refractivity contribution >= 4 is 29.4 Å². The molecule has 0 aliphatic rings. The van der Waals surface area contributed by atoms with Gasteiger partial charge in [-0.3, -0.25) is 4.79 Å². The topological polar surface area (TPSA) is 84.2 Å². The molecule has 1 aromatic carbocycles. The minimum absolute atomic E-state index is 0.0784. The minimum Gasteiger partial charge on any atom is -0.370 e. The number of anilines is 1. The minimum atomic E-state index is -0.324. The summed E-state index contributed by atoms with van der Waals surface area (Å²) in [5.41, 5.74) is 5.83. The third-order valence-corrected chi connectivity index (χ3v) is 3.24. The number of thioether (sulfide) groups is 1. The highest BCUT2D eigenvalue weighted by Gasteiger charge is 2.07. The van der Waals surface area contributed by atoms with Crippen molar-refractivity contribution in [3.05, 3.63) is 24.3 Å². The summed E-state index contributed by atoms with van der Waals surface area (Å²) in [4.78, 5) is 23.3. The van der Waals surface area contributed by atoms with Gasteiger partial charge in [0.1, 0.15) is 0 Å². The number of para-hydroxylation sites is 1. The SMILES string of the molecule is CC(C)NC(=O)Nc1ccccc1SCCC(N)=O. The lowest BCUT2D eigenvalue weighted by Crippen LogP contribution is -2.34. The van der Waals surface area contributed by atoms with Gasteiger partial charge in [0, 0.05) is 23.1 Å². The average molecular weight is 281 g/mol. The van der Waals surface area contributed by atoms with Gasteiger partial charge in [0.2, 0.25) is 5.91 Å². The van der Waals surface area contributed by atoms with Gasteiger partial charge in [-0.1, -0.05) is 12.1 Å². The maximum atomic E-state index is 11.7. The molecule has 0 aromatic heterocycles. The largest absolute Gasteiger partial charge is 0.370 e. The van der Waals surface area contributed by atoms with Crippen LogP contribution in [0.1, 0.15) is 20.3 Å². The molecule has 5 nitrogen and oxygen atoms in total. The molecule has 0 bridgehead atoms. The molecule has 104 valence electrons. The Kier molecular flexibility index (Phi) is 6.21. The van der Waals surface area contributed by atoms with E-state index in [1.165, 1.54) is 11.8 Å². The number of carbonyl (C=O) groups excluding carboxylic acids is 2. The highest BCUT2D eigenvalue weighted by molar-refractivity contribution is 7.99. The van der Waals surface area contributed by atoms with Crippen molar-refractivity contribution in [1.29, 1.82) is 0 Å². The number of amides is 3. The Morgan fingerprint density at radius 3 is 2.63 bits per heavy atom. The van der Waals surface area contributed by atoms with E-state index in [1.807, 2.05) is 38.1 Å². The number of urea groups is 1. The molecule has 0 fully saturated rings. The lowest BCUT2D eigenvalue weighted by molar-refractivity contribution is -0.117. The number of hydrogen-bond acceptors (Lipinski definition) is 3. The third kappa shape index (κ3) is 6.15. The summed E-state index contributed by atoms with van der Waals surface area (Å²) in [6, 6.07) is 7.30. The van der Waals surface area contributed by atoms with E-state index in [0.29, 0.717) is 12.2 Å². The van der Waals surface area contributed by atoms with Gasteiger partial charge in [0.15, 0.2) is 0 Å². The molecule has 0 aliphatic heterocycles. The van der Waals surface area contributed by atoms with Crippen LogP contribution in [0.25, 0.3) is 0 Å². The van der Waals surface area contributed by atoms with Gasteiger partial charge in [0.05, 0.1) is 5.69 Å². The Labute approximate surface area is 117 Å². The first-order chi connectivity index (χ1) is 8.99. The van der Waals surface area contributed by atoms with E-state index >= 15 is 0 Å². The predicted octanol–water partition coefficient (Wildman–Crippen LogP) is 2.18. The second kappa shape index (κ2) is 7.68. The van der Waals surface area contributed by atoms with Crippen LogP contribution in [-0.2, 0) is 4.79 Å². The van der Waals surface area contributed by atoms with Crippen molar-refractivity contribution in [2.24, 2.45) is 5.73 Å². The molecule has 0 heterocycles. The molecule has 0 aliphatic carbocycles. The van der Waals surface area contributed by atoms with E-state index in [2.05, 4.69) is 10.6 Å². The molecule has 0 saturated carbocycles.